The Hall–Kier alpha value is -1.82. The van der Waals surface area contributed by atoms with Gasteiger partial charge >= 0.3 is 0 Å². The molecule has 6 heteroatoms. The van der Waals surface area contributed by atoms with Crippen LogP contribution in [0, 0.1) is 20.8 Å². The molecule has 1 fully saturated rings. The van der Waals surface area contributed by atoms with Crippen molar-refractivity contribution in [2.75, 3.05) is 5.75 Å². The van der Waals surface area contributed by atoms with Crippen LogP contribution in [0.2, 0.25) is 0 Å². The molecule has 3 rings (SSSR count). The first-order chi connectivity index (χ1) is 11.0. The number of aromatic nitrogens is 4. The number of aryl methyl sites for hydroxylation is 2. The number of ketones is 1. The predicted molar refractivity (Wildman–Crippen MR) is 92.2 cm³/mol. The van der Waals surface area contributed by atoms with E-state index < -0.39 is 0 Å². The van der Waals surface area contributed by atoms with Crippen molar-refractivity contribution >= 4 is 17.5 Å². The van der Waals surface area contributed by atoms with E-state index in [1.54, 1.807) is 0 Å². The van der Waals surface area contributed by atoms with E-state index in [1.165, 1.54) is 30.3 Å². The minimum absolute atomic E-state index is 0.154. The maximum atomic E-state index is 12.6. The second-order valence-corrected chi connectivity index (χ2v) is 6.97. The normalized spacial score (nSPS) is 14.2. The van der Waals surface area contributed by atoms with E-state index in [0.29, 0.717) is 18.3 Å². The Morgan fingerprint density at radius 2 is 2.13 bits per heavy atom. The number of Topliss-reactive ketones (excluding diaryl/α,β-unsaturated/α-hetero) is 1. The van der Waals surface area contributed by atoms with Gasteiger partial charge in [-0.2, -0.15) is 0 Å². The Labute approximate surface area is 140 Å². The number of carbonyl (C=O) groups is 1. The fourth-order valence-electron chi connectivity index (χ4n) is 2.97. The van der Waals surface area contributed by atoms with E-state index >= 15 is 0 Å². The highest BCUT2D eigenvalue weighted by molar-refractivity contribution is 7.99. The van der Waals surface area contributed by atoms with Crippen LogP contribution in [0.3, 0.4) is 0 Å². The SMILES string of the molecule is C=CCn1c(C)nnc1SCC(=O)c1cc(C)n(C2CC2)c1C. The Bertz CT molecular complexity index is 755. The van der Waals surface area contributed by atoms with Crippen LogP contribution < -0.4 is 0 Å². The lowest BCUT2D eigenvalue weighted by atomic mass is 10.2. The summed E-state index contributed by atoms with van der Waals surface area (Å²) in [5.41, 5.74) is 3.12. The van der Waals surface area contributed by atoms with Gasteiger partial charge in [0, 0.05) is 29.5 Å². The van der Waals surface area contributed by atoms with Crippen LogP contribution in [0.4, 0.5) is 0 Å². The minimum Gasteiger partial charge on any atom is -0.345 e. The zero-order valence-corrected chi connectivity index (χ0v) is 14.7. The molecule has 1 saturated carbocycles. The molecule has 0 unspecified atom stereocenters. The summed E-state index contributed by atoms with van der Waals surface area (Å²) in [5, 5.41) is 9.01. The van der Waals surface area contributed by atoms with Crippen LogP contribution in [0.1, 0.15) is 46.5 Å². The molecule has 1 aliphatic rings. The maximum absolute atomic E-state index is 12.6. The summed E-state index contributed by atoms with van der Waals surface area (Å²) < 4.78 is 4.28. The highest BCUT2D eigenvalue weighted by Crippen LogP contribution is 2.38. The molecule has 5 nitrogen and oxygen atoms in total. The molecule has 0 aromatic carbocycles. The molecule has 0 amide bonds. The van der Waals surface area contributed by atoms with Gasteiger partial charge in [-0.1, -0.05) is 17.8 Å². The van der Waals surface area contributed by atoms with Gasteiger partial charge in [0.2, 0.25) is 0 Å². The summed E-state index contributed by atoms with van der Waals surface area (Å²) in [6, 6.07) is 2.62. The molecule has 1 aliphatic carbocycles. The van der Waals surface area contributed by atoms with Gasteiger partial charge in [-0.3, -0.25) is 4.79 Å². The van der Waals surface area contributed by atoms with Gasteiger partial charge in [-0.15, -0.1) is 16.8 Å². The summed E-state index contributed by atoms with van der Waals surface area (Å²) in [6.07, 6.45) is 4.26. The summed E-state index contributed by atoms with van der Waals surface area (Å²) in [4.78, 5) is 12.6. The molecule has 0 bridgehead atoms. The summed E-state index contributed by atoms with van der Waals surface area (Å²) >= 11 is 1.44. The van der Waals surface area contributed by atoms with E-state index in [9.17, 15) is 4.79 Å². The Balaban J connectivity index is 1.73. The molecule has 0 aliphatic heterocycles. The van der Waals surface area contributed by atoms with Crippen molar-refractivity contribution in [2.24, 2.45) is 0 Å². The number of hydrogen-bond acceptors (Lipinski definition) is 4. The molecule has 2 aromatic heterocycles. The zero-order valence-electron chi connectivity index (χ0n) is 13.9. The third-order valence-corrected chi connectivity index (χ3v) is 5.21. The van der Waals surface area contributed by atoms with Crippen molar-refractivity contribution < 1.29 is 4.79 Å². The number of allylic oxidation sites excluding steroid dienone is 1. The van der Waals surface area contributed by atoms with Gasteiger partial charge in [-0.05, 0) is 39.7 Å². The number of rotatable bonds is 7. The molecule has 122 valence electrons. The lowest BCUT2D eigenvalue weighted by Gasteiger charge is -2.07. The van der Waals surface area contributed by atoms with Crippen molar-refractivity contribution in [2.45, 2.75) is 51.4 Å². The Morgan fingerprint density at radius 1 is 1.39 bits per heavy atom. The fraction of sp³-hybridized carbons (Fsp3) is 0.471. The van der Waals surface area contributed by atoms with Crippen molar-refractivity contribution in [3.8, 4) is 0 Å². The van der Waals surface area contributed by atoms with Gasteiger partial charge in [0.1, 0.15) is 5.82 Å². The van der Waals surface area contributed by atoms with Crippen molar-refractivity contribution in [3.05, 3.63) is 41.5 Å². The van der Waals surface area contributed by atoms with Crippen LogP contribution in [0.15, 0.2) is 23.9 Å². The second kappa shape index (κ2) is 6.35. The molecule has 0 atom stereocenters. The highest BCUT2D eigenvalue weighted by atomic mass is 32.2. The first-order valence-corrected chi connectivity index (χ1v) is 8.86. The fourth-order valence-corrected chi connectivity index (χ4v) is 3.85. The first-order valence-electron chi connectivity index (χ1n) is 7.88. The quantitative estimate of drug-likeness (QED) is 0.443. The van der Waals surface area contributed by atoms with E-state index in [4.69, 9.17) is 0 Å². The molecule has 2 aromatic rings. The third kappa shape index (κ3) is 3.13. The molecule has 0 radical (unpaired) electrons. The van der Waals surface area contributed by atoms with Crippen molar-refractivity contribution in [1.82, 2.24) is 19.3 Å². The minimum atomic E-state index is 0.154. The van der Waals surface area contributed by atoms with Gasteiger partial charge in [0.05, 0.1) is 5.75 Å². The van der Waals surface area contributed by atoms with Crippen LogP contribution >= 0.6 is 11.8 Å². The molecule has 0 spiro atoms. The topological polar surface area (TPSA) is 52.7 Å². The monoisotopic (exact) mass is 330 g/mol. The molecule has 0 saturated heterocycles. The lowest BCUT2D eigenvalue weighted by molar-refractivity contribution is 0.102. The third-order valence-electron chi connectivity index (χ3n) is 4.24. The van der Waals surface area contributed by atoms with E-state index in [0.717, 1.165) is 22.2 Å². The largest absolute Gasteiger partial charge is 0.345 e. The second-order valence-electron chi connectivity index (χ2n) is 6.03. The van der Waals surface area contributed by atoms with E-state index in [-0.39, 0.29) is 5.78 Å². The Kier molecular flexibility index (Phi) is 4.43. The lowest BCUT2D eigenvalue weighted by Crippen LogP contribution is -2.07. The molecule has 23 heavy (non-hydrogen) atoms. The van der Waals surface area contributed by atoms with Gasteiger partial charge in [0.25, 0.3) is 0 Å². The zero-order chi connectivity index (χ0) is 16.6. The molecular weight excluding hydrogens is 308 g/mol. The van der Waals surface area contributed by atoms with Crippen molar-refractivity contribution in [1.29, 1.82) is 0 Å². The van der Waals surface area contributed by atoms with Crippen LogP contribution in [-0.2, 0) is 6.54 Å². The maximum Gasteiger partial charge on any atom is 0.191 e. The van der Waals surface area contributed by atoms with Gasteiger partial charge < -0.3 is 9.13 Å². The van der Waals surface area contributed by atoms with Gasteiger partial charge in [-0.25, -0.2) is 0 Å². The average molecular weight is 330 g/mol. The summed E-state index contributed by atoms with van der Waals surface area (Å²) in [7, 11) is 0. The smallest absolute Gasteiger partial charge is 0.191 e. The highest BCUT2D eigenvalue weighted by Gasteiger charge is 2.28. The molecular formula is C17H22N4OS. The number of thioether (sulfide) groups is 1. The number of nitrogens with zero attached hydrogens (tertiary/aromatic N) is 4. The predicted octanol–water partition coefficient (Wildman–Crippen LogP) is 3.50. The van der Waals surface area contributed by atoms with Crippen LogP contribution in [0.5, 0.6) is 0 Å². The van der Waals surface area contributed by atoms with E-state index in [1.807, 2.05) is 30.6 Å². The van der Waals surface area contributed by atoms with Crippen LogP contribution in [0.25, 0.3) is 0 Å². The Morgan fingerprint density at radius 3 is 2.78 bits per heavy atom. The average Bonchev–Trinajstić information content (AvgIpc) is 3.23. The first kappa shape index (κ1) is 16.1. The molecule has 2 heterocycles. The van der Waals surface area contributed by atoms with Crippen LogP contribution in [-0.4, -0.2) is 30.9 Å². The van der Waals surface area contributed by atoms with Gasteiger partial charge in [0.15, 0.2) is 10.9 Å². The number of hydrogen-bond donors (Lipinski definition) is 0. The summed E-state index contributed by atoms with van der Waals surface area (Å²) in [6.45, 7) is 10.5. The summed E-state index contributed by atoms with van der Waals surface area (Å²) in [5.74, 6) is 1.37. The van der Waals surface area contributed by atoms with Crippen molar-refractivity contribution in [3.63, 3.8) is 0 Å². The molecule has 0 N–H and O–H groups in total. The van der Waals surface area contributed by atoms with E-state index in [2.05, 4.69) is 28.3 Å². The number of carbonyl (C=O) groups excluding carboxylic acids is 1. The standard InChI is InChI=1S/C17H22N4OS/c1-5-8-20-13(4)18-19-17(20)23-10-16(22)15-9-11(2)21(12(15)3)14-6-7-14/h5,9,14H,1,6-8,10H2,2-4H3.